The lowest BCUT2D eigenvalue weighted by Gasteiger charge is -2.44. The molecule has 2 heterocycles. The molecule has 2 atom stereocenters. The van der Waals surface area contributed by atoms with Crippen molar-refractivity contribution in [2.75, 3.05) is 25.0 Å². The van der Waals surface area contributed by atoms with E-state index in [2.05, 4.69) is 26.5 Å². The molecule has 0 aromatic heterocycles. The maximum atomic E-state index is 13.0. The molecular weight excluding hydrogens is 437 g/mol. The van der Waals surface area contributed by atoms with Crippen molar-refractivity contribution in [3.05, 3.63) is 53.1 Å². The number of rotatable bonds is 5. The van der Waals surface area contributed by atoms with Gasteiger partial charge in [-0.15, -0.1) is 0 Å². The summed E-state index contributed by atoms with van der Waals surface area (Å²) in [6, 6.07) is 9.80. The van der Waals surface area contributed by atoms with E-state index in [-0.39, 0.29) is 5.69 Å². The fraction of sp³-hybridized carbons (Fsp3) is 0.556. The van der Waals surface area contributed by atoms with Crippen molar-refractivity contribution in [3.8, 4) is 0 Å². The molecule has 1 aliphatic carbocycles. The molecular formula is C27H33F3N4. The van der Waals surface area contributed by atoms with Gasteiger partial charge in [0.2, 0.25) is 0 Å². The highest BCUT2D eigenvalue weighted by Crippen LogP contribution is 2.38. The average Bonchev–Trinajstić information content (AvgIpc) is 2.86. The second-order valence-electron chi connectivity index (χ2n) is 9.93. The van der Waals surface area contributed by atoms with Crippen molar-refractivity contribution in [3.63, 3.8) is 0 Å². The first-order valence-electron chi connectivity index (χ1n) is 12.7. The Morgan fingerprint density at radius 3 is 2.56 bits per heavy atom. The van der Waals surface area contributed by atoms with Crippen LogP contribution in [0.3, 0.4) is 0 Å². The van der Waals surface area contributed by atoms with E-state index in [0.29, 0.717) is 12.0 Å². The van der Waals surface area contributed by atoms with Gasteiger partial charge in [-0.05, 0) is 112 Å². The van der Waals surface area contributed by atoms with Gasteiger partial charge in [-0.2, -0.15) is 23.4 Å². The first kappa shape index (κ1) is 23.3. The summed E-state index contributed by atoms with van der Waals surface area (Å²) in [5, 5.41) is 12.3. The molecule has 0 saturated carbocycles. The van der Waals surface area contributed by atoms with Crippen LogP contribution >= 0.6 is 0 Å². The Kier molecular flexibility index (Phi) is 6.91. The largest absolute Gasteiger partial charge is 0.416 e. The summed E-state index contributed by atoms with van der Waals surface area (Å²) in [5.41, 5.74) is 3.98. The molecule has 182 valence electrons. The van der Waals surface area contributed by atoms with Gasteiger partial charge in [-0.1, -0.05) is 12.5 Å². The number of azo groups is 1. The van der Waals surface area contributed by atoms with E-state index in [1.165, 1.54) is 68.1 Å². The second kappa shape index (κ2) is 10.1. The van der Waals surface area contributed by atoms with Gasteiger partial charge in [-0.3, -0.25) is 0 Å². The number of benzene rings is 2. The quantitative estimate of drug-likeness (QED) is 0.455. The molecule has 0 spiro atoms. The van der Waals surface area contributed by atoms with E-state index in [4.69, 9.17) is 0 Å². The number of hydrogen-bond acceptors (Lipinski definition) is 4. The summed E-state index contributed by atoms with van der Waals surface area (Å²) in [7, 11) is 0. The van der Waals surface area contributed by atoms with Gasteiger partial charge in [0.25, 0.3) is 0 Å². The van der Waals surface area contributed by atoms with Crippen LogP contribution < -0.4 is 5.32 Å². The Balaban J connectivity index is 1.33. The molecule has 2 saturated heterocycles. The lowest BCUT2D eigenvalue weighted by Crippen LogP contribution is -2.49. The van der Waals surface area contributed by atoms with Gasteiger partial charge in [0.15, 0.2) is 0 Å². The Morgan fingerprint density at radius 2 is 1.71 bits per heavy atom. The summed E-state index contributed by atoms with van der Waals surface area (Å²) in [6.45, 7) is 3.50. The highest BCUT2D eigenvalue weighted by Gasteiger charge is 2.33. The van der Waals surface area contributed by atoms with Crippen LogP contribution in [0.1, 0.15) is 61.6 Å². The van der Waals surface area contributed by atoms with Gasteiger partial charge < -0.3 is 10.2 Å². The van der Waals surface area contributed by atoms with E-state index < -0.39 is 11.7 Å². The third kappa shape index (κ3) is 5.14. The fourth-order valence-electron chi connectivity index (χ4n) is 6.02. The first-order chi connectivity index (χ1) is 16.5. The van der Waals surface area contributed by atoms with Crippen LogP contribution in [0, 0.1) is 5.92 Å². The molecule has 4 nitrogen and oxygen atoms in total. The SMILES string of the molecule is FC(F)(F)c1cccc(N=Nc2ccc(NCC3CCCN4CCCCC34)c3c2CCCC3)c1. The second-order valence-corrected chi connectivity index (χ2v) is 9.93. The van der Waals surface area contributed by atoms with Crippen molar-refractivity contribution in [2.24, 2.45) is 16.1 Å². The Labute approximate surface area is 199 Å². The van der Waals surface area contributed by atoms with Crippen LogP contribution in [0.15, 0.2) is 46.6 Å². The van der Waals surface area contributed by atoms with Crippen LogP contribution in [-0.4, -0.2) is 30.6 Å². The van der Waals surface area contributed by atoms with Crippen LogP contribution in [0.5, 0.6) is 0 Å². The normalized spacial score (nSPS) is 23.5. The number of fused-ring (bicyclic) bond motifs is 2. The topological polar surface area (TPSA) is 40.0 Å². The van der Waals surface area contributed by atoms with Gasteiger partial charge >= 0.3 is 6.18 Å². The minimum absolute atomic E-state index is 0.218. The number of hydrogen-bond donors (Lipinski definition) is 1. The third-order valence-electron chi connectivity index (χ3n) is 7.74. The van der Waals surface area contributed by atoms with Crippen molar-refractivity contribution in [1.29, 1.82) is 0 Å². The monoisotopic (exact) mass is 470 g/mol. The predicted octanol–water partition coefficient (Wildman–Crippen LogP) is 7.68. The van der Waals surface area contributed by atoms with Crippen LogP contribution in [0.2, 0.25) is 0 Å². The van der Waals surface area contributed by atoms with E-state index in [0.717, 1.165) is 50.0 Å². The maximum Gasteiger partial charge on any atom is 0.416 e. The van der Waals surface area contributed by atoms with E-state index >= 15 is 0 Å². The lowest BCUT2D eigenvalue weighted by molar-refractivity contribution is -0.137. The predicted molar refractivity (Wildman–Crippen MR) is 129 cm³/mol. The molecule has 3 aliphatic rings. The van der Waals surface area contributed by atoms with Crippen LogP contribution in [0.4, 0.5) is 30.2 Å². The molecule has 2 fully saturated rings. The first-order valence-corrected chi connectivity index (χ1v) is 12.7. The molecule has 0 radical (unpaired) electrons. The number of nitrogens with one attached hydrogen (secondary N) is 1. The Hall–Kier alpha value is -2.41. The third-order valence-corrected chi connectivity index (χ3v) is 7.74. The van der Waals surface area contributed by atoms with Crippen molar-refractivity contribution in [1.82, 2.24) is 4.90 Å². The highest BCUT2D eigenvalue weighted by molar-refractivity contribution is 5.64. The summed E-state index contributed by atoms with van der Waals surface area (Å²) < 4.78 is 39.1. The molecule has 5 rings (SSSR count). The van der Waals surface area contributed by atoms with Crippen LogP contribution in [-0.2, 0) is 19.0 Å². The van der Waals surface area contributed by atoms with Crippen molar-refractivity contribution >= 4 is 17.1 Å². The molecule has 2 aromatic rings. The molecule has 7 heteroatoms. The zero-order valence-electron chi connectivity index (χ0n) is 19.6. The number of nitrogens with zero attached hydrogens (tertiary/aromatic N) is 3. The zero-order valence-corrected chi connectivity index (χ0v) is 19.6. The van der Waals surface area contributed by atoms with Crippen molar-refractivity contribution in [2.45, 2.75) is 70.0 Å². The van der Waals surface area contributed by atoms with E-state index in [9.17, 15) is 13.2 Å². The molecule has 0 bridgehead atoms. The molecule has 0 amide bonds. The molecule has 2 aromatic carbocycles. The number of alkyl halides is 3. The van der Waals surface area contributed by atoms with Gasteiger partial charge in [0.1, 0.15) is 0 Å². The summed E-state index contributed by atoms with van der Waals surface area (Å²) in [5.74, 6) is 0.688. The molecule has 2 aliphatic heterocycles. The maximum absolute atomic E-state index is 13.0. The number of piperidine rings is 2. The molecule has 1 N–H and O–H groups in total. The number of anilines is 1. The van der Waals surface area contributed by atoms with Gasteiger partial charge in [-0.25, -0.2) is 0 Å². The standard InChI is InChI=1S/C27H33F3N4/c28-27(29,30)20-8-5-9-21(17-20)32-33-25-14-13-24(22-10-1-2-11-23(22)25)31-18-19-7-6-16-34-15-4-3-12-26(19)34/h5,8-9,13-14,17,19,26,31H,1-4,6-7,10-12,15-16,18H2. The lowest BCUT2D eigenvalue weighted by atomic mass is 9.83. The number of halogens is 3. The molecule has 2 unspecified atom stereocenters. The summed E-state index contributed by atoms with van der Waals surface area (Å²) in [4.78, 5) is 2.70. The van der Waals surface area contributed by atoms with E-state index in [1.54, 1.807) is 6.07 Å². The molecule has 34 heavy (non-hydrogen) atoms. The Bertz CT molecular complexity index is 1030. The minimum Gasteiger partial charge on any atom is -0.384 e. The smallest absolute Gasteiger partial charge is 0.384 e. The summed E-state index contributed by atoms with van der Waals surface area (Å²) in [6.07, 6.45) is 6.38. The van der Waals surface area contributed by atoms with E-state index in [1.807, 2.05) is 6.07 Å². The Morgan fingerprint density at radius 1 is 0.882 bits per heavy atom. The minimum atomic E-state index is -4.38. The fourth-order valence-corrected chi connectivity index (χ4v) is 6.02. The highest BCUT2D eigenvalue weighted by atomic mass is 19.4. The van der Waals surface area contributed by atoms with Crippen LogP contribution in [0.25, 0.3) is 0 Å². The zero-order chi connectivity index (χ0) is 23.5. The van der Waals surface area contributed by atoms with Crippen molar-refractivity contribution < 1.29 is 13.2 Å². The van der Waals surface area contributed by atoms with Gasteiger partial charge in [0, 0.05) is 18.3 Å². The summed E-state index contributed by atoms with van der Waals surface area (Å²) >= 11 is 0. The van der Waals surface area contributed by atoms with Gasteiger partial charge in [0.05, 0.1) is 16.9 Å². The average molecular weight is 471 g/mol.